The molecule has 14 heteroatoms. The molecule has 3 amide bonds. The maximum absolute atomic E-state index is 13.0. The summed E-state index contributed by atoms with van der Waals surface area (Å²) >= 11 is 2.58. The zero-order valence-corrected chi connectivity index (χ0v) is 21.2. The van der Waals surface area contributed by atoms with Gasteiger partial charge < -0.3 is 15.3 Å². The average Bonchev–Trinajstić information content (AvgIpc) is 3.46. The number of H-pyrrole nitrogens is 1. The molecule has 3 N–H and O–H groups in total. The lowest BCUT2D eigenvalue weighted by Gasteiger charge is -2.49. The molecule has 0 bridgehead atoms. The summed E-state index contributed by atoms with van der Waals surface area (Å²) in [6.07, 6.45) is 7.48. The number of β-lactam (4-membered cyclic amide) rings is 1. The minimum Gasteiger partial charge on any atom is -0.477 e. The third kappa shape index (κ3) is 4.48. The number of carboxylic acid groups (broad SMARTS) is 1. The van der Waals surface area contributed by atoms with E-state index in [0.29, 0.717) is 51.8 Å². The van der Waals surface area contributed by atoms with Crippen LogP contribution < -0.4 is 5.32 Å². The van der Waals surface area contributed by atoms with Crippen LogP contribution in [0.15, 0.2) is 40.5 Å². The van der Waals surface area contributed by atoms with Gasteiger partial charge in [-0.15, -0.1) is 11.8 Å². The molecule has 2 atom stereocenters. The van der Waals surface area contributed by atoms with E-state index < -0.39 is 23.3 Å². The van der Waals surface area contributed by atoms with Crippen molar-refractivity contribution in [1.82, 2.24) is 35.3 Å². The van der Waals surface area contributed by atoms with Crippen molar-refractivity contribution in [3.05, 3.63) is 35.4 Å². The van der Waals surface area contributed by atoms with E-state index in [0.717, 1.165) is 19.4 Å². The number of hydrogen-bond acceptors (Lipinski definition) is 9. The second-order valence-electron chi connectivity index (χ2n) is 9.35. The van der Waals surface area contributed by atoms with Gasteiger partial charge in [-0.05, 0) is 36.8 Å². The lowest BCUT2D eigenvalue weighted by atomic mass is 10.0. The molecule has 37 heavy (non-hydrogen) atoms. The minimum absolute atomic E-state index is 0.0247. The average molecular weight is 542 g/mol. The number of amides is 3. The fourth-order valence-electron chi connectivity index (χ4n) is 4.76. The highest BCUT2D eigenvalue weighted by atomic mass is 32.2. The standard InChI is InChI=1S/C23H23N7O5S2/c31-15(9-36-19-14-6-26-28-18(14)24-10-25-19)27-16-21(33)30-17(23(34)35)13(8-37-22(16)30)5-12-3-4-29(20(12)32)7-11-1-2-11/h5-6,10-11,16,22H,1-4,7-9H2,(H,27,31)(H,34,35)(H,24,25,26,28)/t16-,22-/m1/s1. The number of carboxylic acids is 1. The Morgan fingerprint density at radius 3 is 2.92 bits per heavy atom. The fraction of sp³-hybridized carbons (Fsp3) is 0.435. The second-order valence-corrected chi connectivity index (χ2v) is 11.4. The van der Waals surface area contributed by atoms with Crippen LogP contribution in [0, 0.1) is 5.92 Å². The number of fused-ring (bicyclic) bond motifs is 2. The van der Waals surface area contributed by atoms with Crippen molar-refractivity contribution in [1.29, 1.82) is 0 Å². The molecule has 3 fully saturated rings. The number of aromatic amines is 1. The van der Waals surface area contributed by atoms with Crippen molar-refractivity contribution >= 4 is 58.2 Å². The highest BCUT2D eigenvalue weighted by Crippen LogP contribution is 2.41. The van der Waals surface area contributed by atoms with Crippen molar-refractivity contribution in [2.45, 2.75) is 35.7 Å². The first-order valence-electron chi connectivity index (χ1n) is 11.9. The molecule has 1 saturated carbocycles. The zero-order valence-electron chi connectivity index (χ0n) is 19.5. The molecule has 0 aromatic carbocycles. The number of nitrogens with zero attached hydrogens (tertiary/aromatic N) is 5. The van der Waals surface area contributed by atoms with Crippen LogP contribution in [-0.4, -0.2) is 94.8 Å². The molecule has 5 heterocycles. The summed E-state index contributed by atoms with van der Waals surface area (Å²) in [5.74, 6) is -1.17. The van der Waals surface area contributed by atoms with Crippen LogP contribution in [-0.2, 0) is 19.2 Å². The first-order chi connectivity index (χ1) is 17.9. The van der Waals surface area contributed by atoms with E-state index in [-0.39, 0.29) is 23.3 Å². The molecule has 12 nitrogen and oxygen atoms in total. The van der Waals surface area contributed by atoms with Crippen LogP contribution in [0.4, 0.5) is 0 Å². The first-order valence-corrected chi connectivity index (χ1v) is 13.9. The van der Waals surface area contributed by atoms with E-state index in [1.165, 1.54) is 34.8 Å². The summed E-state index contributed by atoms with van der Waals surface area (Å²) in [6.45, 7) is 1.40. The van der Waals surface area contributed by atoms with Gasteiger partial charge in [-0.25, -0.2) is 14.8 Å². The summed E-state index contributed by atoms with van der Waals surface area (Å²) in [4.78, 5) is 61.8. The number of likely N-dealkylation sites (tertiary alicyclic amines) is 1. The van der Waals surface area contributed by atoms with E-state index in [1.54, 1.807) is 12.3 Å². The Kier molecular flexibility index (Phi) is 6.15. The van der Waals surface area contributed by atoms with E-state index >= 15 is 0 Å². The summed E-state index contributed by atoms with van der Waals surface area (Å²) in [6, 6.07) is -0.817. The molecule has 2 saturated heterocycles. The van der Waals surface area contributed by atoms with Crippen LogP contribution in [0.25, 0.3) is 11.0 Å². The molecule has 2 aromatic heterocycles. The van der Waals surface area contributed by atoms with Crippen molar-refractivity contribution in [3.8, 4) is 0 Å². The maximum atomic E-state index is 13.0. The SMILES string of the molecule is O=C(CSc1ncnc2[nH]ncc12)N[C@@H]1C(=O)N2C(C(=O)O)=C(C=C3CCN(CC4CC4)C3=O)CS[C@H]12. The van der Waals surface area contributed by atoms with Crippen LogP contribution in [0.1, 0.15) is 19.3 Å². The van der Waals surface area contributed by atoms with Gasteiger partial charge >= 0.3 is 5.97 Å². The number of aliphatic carboxylic acids is 1. The summed E-state index contributed by atoms with van der Waals surface area (Å²) < 4.78 is 0. The van der Waals surface area contributed by atoms with Crippen molar-refractivity contribution in [2.24, 2.45) is 5.92 Å². The molecular weight excluding hydrogens is 518 g/mol. The molecule has 0 radical (unpaired) electrons. The first kappa shape index (κ1) is 24.0. The maximum Gasteiger partial charge on any atom is 0.352 e. The van der Waals surface area contributed by atoms with Gasteiger partial charge in [0.1, 0.15) is 28.5 Å². The Bertz CT molecular complexity index is 1380. The van der Waals surface area contributed by atoms with Gasteiger partial charge in [0.2, 0.25) is 11.8 Å². The molecule has 6 rings (SSSR count). The third-order valence-corrected chi connectivity index (χ3v) is 9.11. The van der Waals surface area contributed by atoms with Gasteiger partial charge in [-0.2, -0.15) is 5.10 Å². The Balaban J connectivity index is 1.12. The molecule has 1 aliphatic carbocycles. The summed E-state index contributed by atoms with van der Waals surface area (Å²) in [7, 11) is 0. The predicted octanol–water partition coefficient (Wildman–Crippen LogP) is 0.752. The highest BCUT2D eigenvalue weighted by molar-refractivity contribution is 8.00. The Labute approximate surface area is 219 Å². The van der Waals surface area contributed by atoms with E-state index in [9.17, 15) is 24.3 Å². The molecule has 0 spiro atoms. The summed E-state index contributed by atoms with van der Waals surface area (Å²) in [5, 5.41) is 20.1. The predicted molar refractivity (Wildman–Crippen MR) is 134 cm³/mol. The topological polar surface area (TPSA) is 161 Å². The van der Waals surface area contributed by atoms with Crippen LogP contribution in [0.3, 0.4) is 0 Å². The van der Waals surface area contributed by atoms with E-state index in [2.05, 4.69) is 25.5 Å². The van der Waals surface area contributed by atoms with Crippen molar-refractivity contribution in [3.63, 3.8) is 0 Å². The van der Waals surface area contributed by atoms with Gasteiger partial charge in [-0.1, -0.05) is 11.8 Å². The minimum atomic E-state index is -1.22. The Morgan fingerprint density at radius 2 is 2.14 bits per heavy atom. The molecule has 4 aliphatic rings. The van der Waals surface area contributed by atoms with Gasteiger partial charge in [0.05, 0.1) is 17.3 Å². The van der Waals surface area contributed by atoms with Crippen LogP contribution >= 0.6 is 23.5 Å². The van der Waals surface area contributed by atoms with Gasteiger partial charge in [0, 0.05) is 24.4 Å². The molecule has 3 aliphatic heterocycles. The number of hydrogen-bond donors (Lipinski definition) is 3. The number of thioether (sulfide) groups is 2. The monoisotopic (exact) mass is 541 g/mol. The zero-order chi connectivity index (χ0) is 25.7. The van der Waals surface area contributed by atoms with Crippen molar-refractivity contribution < 1.29 is 24.3 Å². The highest BCUT2D eigenvalue weighted by Gasteiger charge is 2.54. The second kappa shape index (κ2) is 9.49. The number of carbonyl (C=O) groups excluding carboxylic acids is 3. The van der Waals surface area contributed by atoms with E-state index in [1.807, 2.05) is 4.90 Å². The third-order valence-electron chi connectivity index (χ3n) is 6.81. The van der Waals surface area contributed by atoms with Crippen LogP contribution in [0.5, 0.6) is 0 Å². The quantitative estimate of drug-likeness (QED) is 0.188. The van der Waals surface area contributed by atoms with Gasteiger partial charge in [0.25, 0.3) is 5.91 Å². The lowest BCUT2D eigenvalue weighted by molar-refractivity contribution is -0.150. The summed E-state index contributed by atoms with van der Waals surface area (Å²) in [5.41, 5.74) is 1.49. The van der Waals surface area contributed by atoms with Crippen molar-refractivity contribution in [2.75, 3.05) is 24.6 Å². The number of aromatic nitrogens is 4. The smallest absolute Gasteiger partial charge is 0.352 e. The lowest BCUT2D eigenvalue weighted by Crippen LogP contribution is -2.70. The van der Waals surface area contributed by atoms with Gasteiger partial charge in [-0.3, -0.25) is 24.4 Å². The number of nitrogens with one attached hydrogen (secondary N) is 2. The largest absolute Gasteiger partial charge is 0.477 e. The molecular formula is C23H23N7O5S2. The van der Waals surface area contributed by atoms with E-state index in [4.69, 9.17) is 0 Å². The van der Waals surface area contributed by atoms with Crippen LogP contribution in [0.2, 0.25) is 0 Å². The Morgan fingerprint density at radius 1 is 1.30 bits per heavy atom. The molecule has 0 unspecified atom stereocenters. The fourth-order valence-corrected chi connectivity index (χ4v) is 6.84. The number of carbonyl (C=O) groups is 4. The van der Waals surface area contributed by atoms with Gasteiger partial charge in [0.15, 0.2) is 5.65 Å². The number of allylic oxidation sites excluding steroid dienone is 1. The molecule has 192 valence electrons. The number of rotatable bonds is 8. The Hall–Kier alpha value is -3.39. The normalized spacial score (nSPS) is 24.6. The molecule has 2 aromatic rings.